The molecule has 0 aliphatic rings. The van der Waals surface area contributed by atoms with Gasteiger partial charge >= 0.3 is 5.97 Å². The Bertz CT molecular complexity index is 823. The van der Waals surface area contributed by atoms with E-state index < -0.39 is 5.97 Å². The van der Waals surface area contributed by atoms with Gasteiger partial charge in [-0.05, 0) is 69.2 Å². The summed E-state index contributed by atoms with van der Waals surface area (Å²) in [6.45, 7) is 8.25. The molecule has 4 nitrogen and oxygen atoms in total. The fraction of sp³-hybridized carbons (Fsp3) is 0.300. The molecule has 0 bridgehead atoms. The minimum Gasteiger partial charge on any atom is -0.462 e. The number of carbonyl (C=O) groups is 1. The number of halogens is 1. The molecule has 0 heterocycles. The molecule has 2 aromatic rings. The lowest BCUT2D eigenvalue weighted by Crippen LogP contribution is -2.31. The van der Waals surface area contributed by atoms with Gasteiger partial charge in [-0.2, -0.15) is 0 Å². The van der Waals surface area contributed by atoms with E-state index in [1.54, 1.807) is 25.1 Å². The van der Waals surface area contributed by atoms with Crippen molar-refractivity contribution in [3.63, 3.8) is 0 Å². The van der Waals surface area contributed by atoms with Gasteiger partial charge in [0.2, 0.25) is 0 Å². The zero-order valence-electron chi connectivity index (χ0n) is 15.4. The molecule has 138 valence electrons. The summed E-state index contributed by atoms with van der Waals surface area (Å²) in [6, 6.07) is 11.4. The molecule has 0 saturated heterocycles. The number of hydrogen-bond acceptors (Lipinski definition) is 3. The molecular formula is C20H23ClN2O2S. The molecule has 2 N–H and O–H groups in total. The van der Waals surface area contributed by atoms with Crippen LogP contribution in [-0.4, -0.2) is 17.7 Å². The van der Waals surface area contributed by atoms with Crippen molar-refractivity contribution in [2.24, 2.45) is 0 Å². The van der Waals surface area contributed by atoms with Crippen LogP contribution < -0.4 is 10.6 Å². The molecule has 0 aliphatic carbocycles. The molecule has 1 atom stereocenters. The van der Waals surface area contributed by atoms with Crippen LogP contribution in [0.3, 0.4) is 0 Å². The number of nitrogens with one attached hydrogen (secondary N) is 2. The summed E-state index contributed by atoms with van der Waals surface area (Å²) in [7, 11) is 0. The number of rotatable bonds is 5. The fourth-order valence-corrected chi connectivity index (χ4v) is 3.21. The van der Waals surface area contributed by atoms with E-state index in [2.05, 4.69) is 49.6 Å². The van der Waals surface area contributed by atoms with E-state index in [0.29, 0.717) is 28.0 Å². The van der Waals surface area contributed by atoms with Crippen molar-refractivity contribution in [2.75, 3.05) is 11.9 Å². The number of aryl methyl sites for hydroxylation is 2. The summed E-state index contributed by atoms with van der Waals surface area (Å²) in [5, 5.41) is 7.17. The number of esters is 1. The number of benzene rings is 2. The van der Waals surface area contributed by atoms with Gasteiger partial charge in [0.1, 0.15) is 0 Å². The molecule has 0 amide bonds. The summed E-state index contributed by atoms with van der Waals surface area (Å²) < 4.78 is 5.01. The lowest BCUT2D eigenvalue weighted by Gasteiger charge is -2.20. The highest BCUT2D eigenvalue weighted by Crippen LogP contribution is 2.22. The molecule has 0 aliphatic heterocycles. The van der Waals surface area contributed by atoms with Gasteiger partial charge in [-0.1, -0.05) is 35.4 Å². The monoisotopic (exact) mass is 390 g/mol. The smallest absolute Gasteiger partial charge is 0.339 e. The first kappa shape index (κ1) is 20.2. The van der Waals surface area contributed by atoms with Crippen LogP contribution in [0.25, 0.3) is 0 Å². The van der Waals surface area contributed by atoms with Gasteiger partial charge in [0.25, 0.3) is 0 Å². The minimum absolute atomic E-state index is 0.0485. The molecule has 2 rings (SSSR count). The van der Waals surface area contributed by atoms with Crippen LogP contribution in [0.5, 0.6) is 0 Å². The number of hydrogen-bond donors (Lipinski definition) is 2. The standard InChI is InChI=1S/C20H23ClN2O2S/c1-5-25-19(24)17-11-15(7-9-18(17)21)23-20(26)22-14(4)16-8-6-12(2)10-13(16)3/h6-11,14H,5H2,1-4H3,(H2,22,23,26)/t14-/m1/s1. The third-order valence-electron chi connectivity index (χ3n) is 3.96. The zero-order chi connectivity index (χ0) is 19.3. The van der Waals surface area contributed by atoms with E-state index in [9.17, 15) is 4.79 Å². The van der Waals surface area contributed by atoms with Crippen LogP contribution in [0.2, 0.25) is 5.02 Å². The van der Waals surface area contributed by atoms with Crippen molar-refractivity contribution in [3.05, 3.63) is 63.7 Å². The lowest BCUT2D eigenvalue weighted by atomic mass is 10.0. The van der Waals surface area contributed by atoms with Crippen LogP contribution >= 0.6 is 23.8 Å². The average Bonchev–Trinajstić information content (AvgIpc) is 2.56. The summed E-state index contributed by atoms with van der Waals surface area (Å²) in [5.74, 6) is -0.455. The molecule has 0 saturated carbocycles. The molecule has 0 fully saturated rings. The van der Waals surface area contributed by atoms with Crippen LogP contribution in [0.15, 0.2) is 36.4 Å². The third-order valence-corrected chi connectivity index (χ3v) is 4.51. The molecule has 0 radical (unpaired) electrons. The van der Waals surface area contributed by atoms with Gasteiger partial charge in [0.05, 0.1) is 23.2 Å². The maximum absolute atomic E-state index is 11.9. The van der Waals surface area contributed by atoms with Crippen LogP contribution in [0, 0.1) is 13.8 Å². The normalized spacial score (nSPS) is 11.6. The van der Waals surface area contributed by atoms with Gasteiger partial charge < -0.3 is 15.4 Å². The van der Waals surface area contributed by atoms with Crippen LogP contribution in [-0.2, 0) is 4.74 Å². The summed E-state index contributed by atoms with van der Waals surface area (Å²) in [4.78, 5) is 11.9. The Kier molecular flexibility index (Phi) is 7.00. The number of carbonyl (C=O) groups excluding carboxylic acids is 1. The van der Waals surface area contributed by atoms with Gasteiger partial charge in [-0.25, -0.2) is 4.79 Å². The Hall–Kier alpha value is -2.11. The maximum atomic E-state index is 11.9. The molecular weight excluding hydrogens is 368 g/mol. The predicted octanol–water partition coefficient (Wildman–Crippen LogP) is 5.18. The minimum atomic E-state index is -0.455. The van der Waals surface area contributed by atoms with E-state index in [1.165, 1.54) is 16.7 Å². The zero-order valence-corrected chi connectivity index (χ0v) is 16.9. The van der Waals surface area contributed by atoms with Crippen molar-refractivity contribution in [2.45, 2.75) is 33.7 Å². The second kappa shape index (κ2) is 9.01. The fourth-order valence-electron chi connectivity index (χ4n) is 2.72. The molecule has 0 unspecified atom stereocenters. The van der Waals surface area contributed by atoms with Gasteiger partial charge in [0.15, 0.2) is 5.11 Å². The first-order valence-corrected chi connectivity index (χ1v) is 9.21. The summed E-state index contributed by atoms with van der Waals surface area (Å²) >= 11 is 11.5. The van der Waals surface area contributed by atoms with Crippen LogP contribution in [0.1, 0.15) is 46.9 Å². The summed E-state index contributed by atoms with van der Waals surface area (Å²) in [5.41, 5.74) is 4.60. The summed E-state index contributed by atoms with van der Waals surface area (Å²) in [6.07, 6.45) is 0. The Labute approximate surface area is 164 Å². The van der Waals surface area contributed by atoms with Gasteiger partial charge in [0, 0.05) is 5.69 Å². The second-order valence-corrected chi connectivity index (χ2v) is 6.91. The number of anilines is 1. The lowest BCUT2D eigenvalue weighted by molar-refractivity contribution is 0.0526. The van der Waals surface area contributed by atoms with Crippen molar-refractivity contribution in [1.82, 2.24) is 5.32 Å². The largest absolute Gasteiger partial charge is 0.462 e. The first-order valence-electron chi connectivity index (χ1n) is 8.43. The molecule has 2 aromatic carbocycles. The Morgan fingerprint density at radius 3 is 2.62 bits per heavy atom. The highest BCUT2D eigenvalue weighted by molar-refractivity contribution is 7.80. The quantitative estimate of drug-likeness (QED) is 0.544. The van der Waals surface area contributed by atoms with Gasteiger partial charge in [-0.3, -0.25) is 0 Å². The Morgan fingerprint density at radius 1 is 1.23 bits per heavy atom. The molecule has 0 spiro atoms. The van der Waals surface area contributed by atoms with E-state index in [4.69, 9.17) is 28.6 Å². The van der Waals surface area contributed by atoms with Gasteiger partial charge in [-0.15, -0.1) is 0 Å². The Morgan fingerprint density at radius 2 is 1.96 bits per heavy atom. The van der Waals surface area contributed by atoms with E-state index in [-0.39, 0.29) is 6.04 Å². The maximum Gasteiger partial charge on any atom is 0.339 e. The molecule has 6 heteroatoms. The van der Waals surface area contributed by atoms with E-state index in [0.717, 1.165) is 0 Å². The van der Waals surface area contributed by atoms with E-state index in [1.807, 2.05) is 0 Å². The topological polar surface area (TPSA) is 50.4 Å². The van der Waals surface area contributed by atoms with Crippen molar-refractivity contribution < 1.29 is 9.53 Å². The number of ether oxygens (including phenoxy) is 1. The highest BCUT2D eigenvalue weighted by atomic mass is 35.5. The van der Waals surface area contributed by atoms with Crippen molar-refractivity contribution >= 4 is 40.6 Å². The second-order valence-electron chi connectivity index (χ2n) is 6.10. The van der Waals surface area contributed by atoms with Crippen molar-refractivity contribution in [3.8, 4) is 0 Å². The van der Waals surface area contributed by atoms with E-state index >= 15 is 0 Å². The number of thiocarbonyl (C=S) groups is 1. The molecule has 26 heavy (non-hydrogen) atoms. The Balaban J connectivity index is 2.07. The van der Waals surface area contributed by atoms with Crippen LogP contribution in [0.4, 0.5) is 5.69 Å². The van der Waals surface area contributed by atoms with Crippen molar-refractivity contribution in [1.29, 1.82) is 0 Å². The first-order chi connectivity index (χ1) is 12.3. The highest BCUT2D eigenvalue weighted by Gasteiger charge is 2.14. The predicted molar refractivity (Wildman–Crippen MR) is 111 cm³/mol. The third kappa shape index (κ3) is 5.19. The molecule has 0 aromatic heterocycles. The SMILES string of the molecule is CCOC(=O)c1cc(NC(=S)N[C@H](C)c2ccc(C)cc2C)ccc1Cl. The average molecular weight is 391 g/mol.